The van der Waals surface area contributed by atoms with Crippen LogP contribution in [0.4, 0.5) is 0 Å². The number of halogens is 3. The maximum absolute atomic E-state index is 11.9. The monoisotopic (exact) mass is 433 g/mol. The van der Waals surface area contributed by atoms with E-state index in [0.717, 1.165) is 36.2 Å². The summed E-state index contributed by atoms with van der Waals surface area (Å²) in [5, 5.41) is 2.62. The second-order valence-electron chi connectivity index (χ2n) is 4.56. The molecule has 2 heterocycles. The van der Waals surface area contributed by atoms with Gasteiger partial charge in [-0.2, -0.15) is 0 Å². The predicted molar refractivity (Wildman–Crippen MR) is 89.9 cm³/mol. The normalized spacial score (nSPS) is 15.7. The summed E-state index contributed by atoms with van der Waals surface area (Å²) in [6, 6.07) is 7.93. The Labute approximate surface area is 142 Å². The van der Waals surface area contributed by atoms with Crippen molar-refractivity contribution in [3.63, 3.8) is 0 Å². The van der Waals surface area contributed by atoms with Crippen molar-refractivity contribution >= 4 is 60.7 Å². The molecule has 1 N–H and O–H groups in total. The van der Waals surface area contributed by atoms with Gasteiger partial charge >= 0.3 is 0 Å². The van der Waals surface area contributed by atoms with Crippen molar-refractivity contribution in [2.75, 3.05) is 6.54 Å². The Hall–Kier alpha value is -0.360. The van der Waals surface area contributed by atoms with Crippen molar-refractivity contribution in [3.8, 4) is 0 Å². The molecule has 0 bridgehead atoms. The van der Waals surface area contributed by atoms with E-state index in [1.54, 1.807) is 11.3 Å². The van der Waals surface area contributed by atoms with Gasteiger partial charge in [0.15, 0.2) is 0 Å². The first kappa shape index (κ1) is 14.6. The molecule has 0 radical (unpaired) electrons. The maximum Gasteiger partial charge on any atom is 0.251 e. The van der Waals surface area contributed by atoms with Crippen molar-refractivity contribution in [1.29, 1.82) is 0 Å². The number of nitrogens with one attached hydrogen (secondary N) is 1. The molecule has 1 aliphatic rings. The lowest BCUT2D eigenvalue weighted by Gasteiger charge is -2.18. The highest BCUT2D eigenvalue weighted by Gasteiger charge is 2.21. The minimum Gasteiger partial charge on any atom is -0.352 e. The molecule has 2 nitrogen and oxygen atoms in total. The first-order valence-electron chi connectivity index (χ1n) is 6.06. The Bertz CT molecular complexity index is 666. The van der Waals surface area contributed by atoms with E-state index < -0.39 is 0 Å². The summed E-state index contributed by atoms with van der Waals surface area (Å²) in [6.45, 7) is 0.709. The first-order chi connectivity index (χ1) is 9.56. The van der Waals surface area contributed by atoms with Crippen LogP contribution < -0.4 is 5.32 Å². The molecule has 1 aromatic carbocycles. The average Bonchev–Trinajstić information content (AvgIpc) is 2.78. The molecule has 6 heteroatoms. The van der Waals surface area contributed by atoms with Crippen molar-refractivity contribution in [2.24, 2.45) is 0 Å². The minimum atomic E-state index is -0.248. The second kappa shape index (κ2) is 5.79. The Morgan fingerprint density at radius 1 is 1.30 bits per heavy atom. The number of hydrogen-bond acceptors (Lipinski definition) is 2. The summed E-state index contributed by atoms with van der Waals surface area (Å²) in [5.74, 6) is -0.00879. The quantitative estimate of drug-likeness (QED) is 0.669. The molecule has 0 aliphatic carbocycles. The Kier molecular flexibility index (Phi) is 4.22. The third-order valence-corrected chi connectivity index (χ3v) is 7.20. The predicted octanol–water partition coefficient (Wildman–Crippen LogP) is 4.89. The van der Waals surface area contributed by atoms with Crippen LogP contribution in [0.25, 0.3) is 0 Å². The molecule has 0 fully saturated rings. The lowest BCUT2D eigenvalue weighted by atomic mass is 9.96. The van der Waals surface area contributed by atoms with Crippen LogP contribution >= 0.6 is 54.8 Å². The number of fused-ring (bicyclic) bond motifs is 1. The van der Waals surface area contributed by atoms with Gasteiger partial charge in [-0.15, -0.1) is 22.9 Å². The fraction of sp³-hybridized carbons (Fsp3) is 0.214. The van der Waals surface area contributed by atoms with Gasteiger partial charge in [-0.1, -0.05) is 12.1 Å². The zero-order valence-electron chi connectivity index (χ0n) is 10.3. The Balaban J connectivity index is 1.98. The lowest BCUT2D eigenvalue weighted by molar-refractivity contribution is 0.0946. The number of thiophene rings is 1. The Morgan fingerprint density at radius 3 is 2.80 bits per heavy atom. The smallest absolute Gasteiger partial charge is 0.251 e. The molecule has 1 amide bonds. The summed E-state index contributed by atoms with van der Waals surface area (Å²) < 4.78 is 2.02. The van der Waals surface area contributed by atoms with Crippen LogP contribution in [0.15, 0.2) is 32.5 Å². The molecule has 3 rings (SSSR count). The van der Waals surface area contributed by atoms with E-state index in [2.05, 4.69) is 37.2 Å². The summed E-state index contributed by atoms with van der Waals surface area (Å²) in [6.07, 6.45) is 0.879. The minimum absolute atomic E-state index is 0.00879. The van der Waals surface area contributed by atoms with Crippen LogP contribution in [0, 0.1) is 0 Å². The number of amides is 1. The summed E-state index contributed by atoms with van der Waals surface area (Å²) in [7, 11) is 0. The van der Waals surface area contributed by atoms with Crippen molar-refractivity contribution in [1.82, 2.24) is 5.32 Å². The van der Waals surface area contributed by atoms with Crippen LogP contribution in [-0.4, -0.2) is 12.5 Å². The summed E-state index contributed by atoms with van der Waals surface area (Å²) in [5.41, 5.74) is 2.78. The lowest BCUT2D eigenvalue weighted by Crippen LogP contribution is -2.31. The SMILES string of the molecule is O=C1NCCc2ccc(C(Cl)c3cc(Br)c(Br)s3)cc21. The van der Waals surface area contributed by atoms with E-state index in [4.69, 9.17) is 11.6 Å². The zero-order valence-corrected chi connectivity index (χ0v) is 15.0. The van der Waals surface area contributed by atoms with Gasteiger partial charge in [0.25, 0.3) is 5.91 Å². The molecule has 1 atom stereocenters. The van der Waals surface area contributed by atoms with E-state index in [1.165, 1.54) is 0 Å². The van der Waals surface area contributed by atoms with Gasteiger partial charge in [0.05, 0.1) is 9.16 Å². The highest BCUT2D eigenvalue weighted by molar-refractivity contribution is 9.13. The molecule has 104 valence electrons. The van der Waals surface area contributed by atoms with Crippen molar-refractivity contribution < 1.29 is 4.79 Å². The molecular weight excluding hydrogens is 425 g/mol. The van der Waals surface area contributed by atoms with Gasteiger partial charge in [-0.25, -0.2) is 0 Å². The number of hydrogen-bond donors (Lipinski definition) is 1. The molecule has 20 heavy (non-hydrogen) atoms. The largest absolute Gasteiger partial charge is 0.352 e. The van der Waals surface area contributed by atoms with Gasteiger partial charge < -0.3 is 5.32 Å². The third kappa shape index (κ3) is 2.69. The van der Waals surface area contributed by atoms with Crippen molar-refractivity contribution in [2.45, 2.75) is 11.8 Å². The maximum atomic E-state index is 11.9. The van der Waals surface area contributed by atoms with Gasteiger partial charge in [0, 0.05) is 21.5 Å². The number of benzene rings is 1. The highest BCUT2D eigenvalue weighted by Crippen LogP contribution is 2.40. The standard InChI is InChI=1S/C14H10Br2ClNOS/c15-10-6-11(20-13(10)16)12(17)8-2-1-7-3-4-18-14(19)9(7)5-8/h1-2,5-6,12H,3-4H2,(H,18,19). The summed E-state index contributed by atoms with van der Waals surface area (Å²) >= 11 is 15.1. The average molecular weight is 436 g/mol. The molecular formula is C14H10Br2ClNOS. The molecule has 0 saturated heterocycles. The van der Waals surface area contributed by atoms with Crippen LogP contribution in [-0.2, 0) is 6.42 Å². The number of rotatable bonds is 2. The zero-order chi connectivity index (χ0) is 14.3. The van der Waals surface area contributed by atoms with Crippen LogP contribution in [0.5, 0.6) is 0 Å². The summed E-state index contributed by atoms with van der Waals surface area (Å²) in [4.78, 5) is 12.9. The van der Waals surface area contributed by atoms with Gasteiger partial charge in [-0.05, 0) is 61.5 Å². The molecule has 1 aromatic heterocycles. The van der Waals surface area contributed by atoms with Gasteiger partial charge in [0.1, 0.15) is 0 Å². The number of carbonyl (C=O) groups is 1. The van der Waals surface area contributed by atoms with E-state index >= 15 is 0 Å². The van der Waals surface area contributed by atoms with Crippen LogP contribution in [0.2, 0.25) is 0 Å². The van der Waals surface area contributed by atoms with E-state index in [9.17, 15) is 4.79 Å². The number of alkyl halides is 1. The Morgan fingerprint density at radius 2 is 2.10 bits per heavy atom. The highest BCUT2D eigenvalue weighted by atomic mass is 79.9. The second-order valence-corrected chi connectivity index (χ2v) is 8.25. The van der Waals surface area contributed by atoms with Crippen molar-refractivity contribution in [3.05, 3.63) is 54.1 Å². The number of carbonyl (C=O) groups excluding carboxylic acids is 1. The molecule has 0 spiro atoms. The van der Waals surface area contributed by atoms with Crippen LogP contribution in [0.3, 0.4) is 0 Å². The van der Waals surface area contributed by atoms with E-state index in [1.807, 2.05) is 24.3 Å². The van der Waals surface area contributed by atoms with Gasteiger partial charge in [-0.3, -0.25) is 4.79 Å². The first-order valence-corrected chi connectivity index (χ1v) is 8.90. The van der Waals surface area contributed by atoms with Gasteiger partial charge in [0.2, 0.25) is 0 Å². The fourth-order valence-corrected chi connectivity index (χ4v) is 4.67. The fourth-order valence-electron chi connectivity index (χ4n) is 2.24. The third-order valence-electron chi connectivity index (χ3n) is 3.27. The molecule has 1 unspecified atom stereocenters. The topological polar surface area (TPSA) is 29.1 Å². The molecule has 2 aromatic rings. The van der Waals surface area contributed by atoms with E-state index in [-0.39, 0.29) is 11.3 Å². The molecule has 1 aliphatic heterocycles. The van der Waals surface area contributed by atoms with E-state index in [0.29, 0.717) is 6.54 Å². The molecule has 0 saturated carbocycles. The van der Waals surface area contributed by atoms with Crippen LogP contribution in [0.1, 0.15) is 31.7 Å².